The minimum atomic E-state index is -3.94. The van der Waals surface area contributed by atoms with Gasteiger partial charge in [-0.1, -0.05) is 56.5 Å². The van der Waals surface area contributed by atoms with Gasteiger partial charge in [0.15, 0.2) is 5.82 Å². The number of aromatic nitrogens is 1. The van der Waals surface area contributed by atoms with Gasteiger partial charge in [0.2, 0.25) is 0 Å². The lowest BCUT2D eigenvalue weighted by Gasteiger charge is -2.23. The summed E-state index contributed by atoms with van der Waals surface area (Å²) in [5.41, 5.74) is 2.70. The number of sulfonamides is 1. The number of amides is 1. The van der Waals surface area contributed by atoms with E-state index in [2.05, 4.69) is 23.7 Å². The Morgan fingerprint density at radius 3 is 2.62 bits per heavy atom. The first kappa shape index (κ1) is 30.4. The first-order valence-electron chi connectivity index (χ1n) is 14.8. The van der Waals surface area contributed by atoms with Crippen LogP contribution in [0.1, 0.15) is 87.7 Å². The van der Waals surface area contributed by atoms with Gasteiger partial charge < -0.3 is 9.26 Å². The molecule has 0 bridgehead atoms. The largest absolute Gasteiger partial charge is 0.377 e. The Morgan fingerprint density at radius 2 is 1.93 bits per heavy atom. The molecule has 1 aliphatic heterocycles. The molecular weight excluding hydrogens is 572 g/mol. The smallest absolute Gasteiger partial charge is 0.264 e. The summed E-state index contributed by atoms with van der Waals surface area (Å²) in [6.45, 7) is 9.06. The van der Waals surface area contributed by atoms with E-state index in [1.54, 1.807) is 25.3 Å². The van der Waals surface area contributed by atoms with Crippen LogP contribution in [-0.4, -0.2) is 42.4 Å². The number of nitrogens with zero attached hydrogens (tertiary/aromatic N) is 3. The second kappa shape index (κ2) is 12.7. The Bertz CT molecular complexity index is 1570. The van der Waals surface area contributed by atoms with E-state index in [0.717, 1.165) is 73.9 Å². The number of carbonyl (C=O) groups excluding carboxylic acids is 1. The van der Waals surface area contributed by atoms with Gasteiger partial charge in [0.05, 0.1) is 18.0 Å². The molecule has 1 N–H and O–H groups in total. The number of unbranched alkanes of at least 4 members (excludes halogenated alkanes) is 1. The van der Waals surface area contributed by atoms with Gasteiger partial charge in [-0.2, -0.15) is 0 Å². The molecule has 42 heavy (non-hydrogen) atoms. The molecule has 1 aliphatic carbocycles. The van der Waals surface area contributed by atoms with Gasteiger partial charge in [-0.15, -0.1) is 11.3 Å². The Balaban J connectivity index is 1.46. The fraction of sp³-hybridized carbons (Fsp3) is 0.516. The number of ether oxygens (including phenoxy) is 1. The van der Waals surface area contributed by atoms with Crippen molar-refractivity contribution < 1.29 is 22.5 Å². The number of amidine groups is 1. The number of aryl methyl sites for hydroxylation is 1. The van der Waals surface area contributed by atoms with E-state index >= 15 is 0 Å². The van der Waals surface area contributed by atoms with Gasteiger partial charge in [-0.25, -0.2) is 8.42 Å². The van der Waals surface area contributed by atoms with Crippen LogP contribution in [0.4, 0.5) is 5.82 Å². The number of hydrogen-bond acceptors (Lipinski definition) is 8. The number of anilines is 1. The molecule has 226 valence electrons. The van der Waals surface area contributed by atoms with Crippen molar-refractivity contribution in [1.29, 1.82) is 0 Å². The van der Waals surface area contributed by atoms with Gasteiger partial charge in [0, 0.05) is 18.6 Å². The van der Waals surface area contributed by atoms with Crippen molar-refractivity contribution in [2.75, 3.05) is 11.3 Å². The molecule has 5 rings (SSSR count). The highest BCUT2D eigenvalue weighted by molar-refractivity contribution is 7.93. The topological polar surface area (TPSA) is 114 Å². The summed E-state index contributed by atoms with van der Waals surface area (Å²) in [6, 6.07) is 7.59. The quantitative estimate of drug-likeness (QED) is 0.208. The third-order valence-corrected chi connectivity index (χ3v) is 10.6. The maximum atomic E-state index is 13.7. The number of thiophene rings is 1. The molecule has 1 aromatic carbocycles. The average Bonchev–Trinajstić information content (AvgIpc) is 3.76. The fourth-order valence-corrected chi connectivity index (χ4v) is 8.26. The van der Waals surface area contributed by atoms with Crippen molar-refractivity contribution in [2.24, 2.45) is 4.99 Å². The Kier molecular flexibility index (Phi) is 9.20. The van der Waals surface area contributed by atoms with Crippen LogP contribution in [0.3, 0.4) is 0 Å². The molecule has 9 nitrogen and oxygen atoms in total. The third-order valence-electron chi connectivity index (χ3n) is 8.15. The molecule has 0 atom stereocenters. The van der Waals surface area contributed by atoms with Crippen LogP contribution in [0.25, 0.3) is 10.4 Å². The number of aliphatic imine (C=N–C) groups is 1. The number of rotatable bonds is 13. The second-order valence-corrected chi connectivity index (χ2v) is 13.8. The zero-order chi connectivity index (χ0) is 29.9. The first-order chi connectivity index (χ1) is 20.2. The van der Waals surface area contributed by atoms with Crippen molar-refractivity contribution in [3.63, 3.8) is 0 Å². The average molecular weight is 613 g/mol. The summed E-state index contributed by atoms with van der Waals surface area (Å²) in [5.74, 6) is 1.76. The number of benzene rings is 1. The van der Waals surface area contributed by atoms with Gasteiger partial charge in [-0.05, 0) is 67.7 Å². The van der Waals surface area contributed by atoms with E-state index < -0.39 is 15.6 Å². The predicted molar refractivity (Wildman–Crippen MR) is 165 cm³/mol. The highest BCUT2D eigenvalue weighted by Crippen LogP contribution is 2.41. The van der Waals surface area contributed by atoms with Gasteiger partial charge in [0.1, 0.15) is 22.0 Å². The van der Waals surface area contributed by atoms with Crippen LogP contribution >= 0.6 is 11.3 Å². The molecule has 0 radical (unpaired) electrons. The van der Waals surface area contributed by atoms with Crippen molar-refractivity contribution in [3.8, 4) is 10.4 Å². The van der Waals surface area contributed by atoms with E-state index in [4.69, 9.17) is 14.3 Å². The SMILES string of the molecule is CCCCC1=NC2(CCCC2)C(=O)N1Cc1ccc(-c2sccc2S(=O)(=O)Nc2noc(C)c2C)c(COCCC)c1. The molecular formula is C31H40N4O5S2. The molecule has 3 aromatic rings. The molecule has 1 amide bonds. The van der Waals surface area contributed by atoms with Gasteiger partial charge in [0.25, 0.3) is 15.9 Å². The van der Waals surface area contributed by atoms with E-state index in [1.807, 2.05) is 23.1 Å². The van der Waals surface area contributed by atoms with Crippen molar-refractivity contribution in [2.45, 2.75) is 103 Å². The maximum Gasteiger partial charge on any atom is 0.264 e. The second-order valence-electron chi connectivity index (χ2n) is 11.2. The monoisotopic (exact) mass is 612 g/mol. The lowest BCUT2D eigenvalue weighted by molar-refractivity contribution is -0.131. The number of nitrogens with one attached hydrogen (secondary N) is 1. The summed E-state index contributed by atoms with van der Waals surface area (Å²) in [6.07, 6.45) is 7.42. The van der Waals surface area contributed by atoms with Gasteiger partial charge in [-0.3, -0.25) is 19.4 Å². The zero-order valence-electron chi connectivity index (χ0n) is 24.9. The van der Waals surface area contributed by atoms with Crippen LogP contribution in [0, 0.1) is 13.8 Å². The Labute approximate surface area is 252 Å². The molecule has 2 aromatic heterocycles. The molecule has 3 heterocycles. The minimum Gasteiger partial charge on any atom is -0.377 e. The van der Waals surface area contributed by atoms with Crippen molar-refractivity contribution in [3.05, 3.63) is 52.1 Å². The molecule has 0 saturated heterocycles. The van der Waals surface area contributed by atoms with Crippen molar-refractivity contribution in [1.82, 2.24) is 10.1 Å². The Hall–Kier alpha value is -3.02. The van der Waals surface area contributed by atoms with Crippen LogP contribution in [0.2, 0.25) is 0 Å². The summed E-state index contributed by atoms with van der Waals surface area (Å²) in [4.78, 5) is 21.4. The third kappa shape index (κ3) is 6.05. The van der Waals surface area contributed by atoms with E-state index in [9.17, 15) is 13.2 Å². The standard InChI is InChI=1S/C31H40N4O5S2/c1-5-7-10-27-32-31(14-8-9-15-31)30(36)35(27)19-23-11-12-25(24(18-23)20-39-16-6-2)28-26(13-17-41-28)42(37,38)34-29-21(3)22(4)40-33-29/h11-13,17-18H,5-10,14-16,19-20H2,1-4H3,(H,33,34). The summed E-state index contributed by atoms with van der Waals surface area (Å²) in [5, 5.41) is 5.65. The van der Waals surface area contributed by atoms with Crippen molar-refractivity contribution >= 4 is 38.9 Å². The maximum absolute atomic E-state index is 13.7. The summed E-state index contributed by atoms with van der Waals surface area (Å²) in [7, 11) is -3.94. The van der Waals surface area contributed by atoms with Crippen LogP contribution in [-0.2, 0) is 32.7 Å². The summed E-state index contributed by atoms with van der Waals surface area (Å²) < 4.78 is 40.7. The van der Waals surface area contributed by atoms with E-state index in [0.29, 0.717) is 36.0 Å². The molecule has 1 spiro atoms. The highest BCUT2D eigenvalue weighted by Gasteiger charge is 2.49. The normalized spacial score (nSPS) is 16.5. The van der Waals surface area contributed by atoms with Crippen LogP contribution < -0.4 is 4.72 Å². The van der Waals surface area contributed by atoms with Gasteiger partial charge >= 0.3 is 0 Å². The zero-order valence-corrected chi connectivity index (χ0v) is 26.5. The van der Waals surface area contributed by atoms with Crippen LogP contribution in [0.15, 0.2) is 44.1 Å². The predicted octanol–water partition coefficient (Wildman–Crippen LogP) is 6.99. The van der Waals surface area contributed by atoms with Crippen LogP contribution in [0.5, 0.6) is 0 Å². The minimum absolute atomic E-state index is 0.120. The number of hydrogen-bond donors (Lipinski definition) is 1. The lowest BCUT2D eigenvalue weighted by Crippen LogP contribution is -2.40. The van der Waals surface area contributed by atoms with E-state index in [-0.39, 0.29) is 16.6 Å². The molecule has 0 unspecified atom stereocenters. The molecule has 1 fully saturated rings. The molecule has 1 saturated carbocycles. The molecule has 2 aliphatic rings. The Morgan fingerprint density at radius 1 is 1.14 bits per heavy atom. The fourth-order valence-electron chi connectivity index (χ4n) is 5.69. The van der Waals surface area contributed by atoms with E-state index in [1.165, 1.54) is 11.3 Å². The molecule has 11 heteroatoms. The first-order valence-corrected chi connectivity index (χ1v) is 17.2. The highest BCUT2D eigenvalue weighted by atomic mass is 32.2. The summed E-state index contributed by atoms with van der Waals surface area (Å²) >= 11 is 1.36. The lowest BCUT2D eigenvalue weighted by atomic mass is 9.97. The number of carbonyl (C=O) groups is 1.